The number of nitrogens with zero attached hydrogens (tertiary/aromatic N) is 2. The molecule has 2 nitrogen and oxygen atoms in total. The molecule has 4 rings (SSSR count). The average molecular weight is 296 g/mol. The molecule has 4 aromatic heterocycles. The summed E-state index contributed by atoms with van der Waals surface area (Å²) in [6.07, 6.45) is 4.16. The normalized spacial score (nSPS) is 11.0. The molecule has 0 saturated heterocycles. The van der Waals surface area contributed by atoms with Crippen LogP contribution in [0.4, 0.5) is 0 Å². The number of thiophene rings is 2. The van der Waals surface area contributed by atoms with Gasteiger partial charge in [-0.15, -0.1) is 22.7 Å². The Morgan fingerprint density at radius 3 is 1.65 bits per heavy atom. The van der Waals surface area contributed by atoms with E-state index in [2.05, 4.69) is 81.0 Å². The monoisotopic (exact) mass is 296 g/mol. The van der Waals surface area contributed by atoms with Crippen molar-refractivity contribution in [3.05, 3.63) is 71.7 Å². The highest BCUT2D eigenvalue weighted by atomic mass is 32.1. The maximum Gasteiger partial charge on any atom is 0.0809 e. The van der Waals surface area contributed by atoms with Crippen molar-refractivity contribution in [1.29, 1.82) is 0 Å². The summed E-state index contributed by atoms with van der Waals surface area (Å²) in [4.78, 5) is 2.56. The molecule has 0 bridgehead atoms. The molecular weight excluding hydrogens is 284 g/mol. The van der Waals surface area contributed by atoms with Crippen LogP contribution in [-0.2, 0) is 0 Å². The van der Waals surface area contributed by atoms with Gasteiger partial charge in [-0.2, -0.15) is 0 Å². The van der Waals surface area contributed by atoms with Crippen LogP contribution >= 0.6 is 22.7 Å². The lowest BCUT2D eigenvalue weighted by Crippen LogP contribution is -2.08. The smallest absolute Gasteiger partial charge is 0.0809 e. The molecule has 0 atom stereocenters. The van der Waals surface area contributed by atoms with E-state index in [-0.39, 0.29) is 0 Å². The van der Waals surface area contributed by atoms with Gasteiger partial charge in [-0.05, 0) is 47.2 Å². The van der Waals surface area contributed by atoms with Crippen molar-refractivity contribution in [1.82, 2.24) is 9.35 Å². The minimum absolute atomic E-state index is 1.22. The molecule has 98 valence electrons. The molecule has 0 fully saturated rings. The Balaban J connectivity index is 1.98. The molecule has 0 amide bonds. The first kappa shape index (κ1) is 11.8. The third kappa shape index (κ3) is 1.85. The van der Waals surface area contributed by atoms with E-state index < -0.39 is 0 Å². The Morgan fingerprint density at radius 1 is 0.650 bits per heavy atom. The Labute approximate surface area is 125 Å². The third-order valence-electron chi connectivity index (χ3n) is 3.22. The second-order valence-corrected chi connectivity index (χ2v) is 6.33. The van der Waals surface area contributed by atoms with Crippen LogP contribution in [0.2, 0.25) is 0 Å². The summed E-state index contributed by atoms with van der Waals surface area (Å²) in [5, 5.41) is 4.24. The molecular formula is C16H12N2S2. The molecule has 0 aliphatic heterocycles. The quantitative estimate of drug-likeness (QED) is 0.500. The Bertz CT molecular complexity index is 739. The zero-order valence-corrected chi connectivity index (χ0v) is 12.3. The number of hydrogen-bond acceptors (Lipinski definition) is 2. The molecule has 0 N–H and O–H groups in total. The van der Waals surface area contributed by atoms with E-state index in [1.54, 1.807) is 22.7 Å². The summed E-state index contributed by atoms with van der Waals surface area (Å²) in [7, 11) is 0. The lowest BCUT2D eigenvalue weighted by molar-refractivity contribution is 0.684. The van der Waals surface area contributed by atoms with Gasteiger partial charge in [0.05, 0.1) is 21.1 Å². The van der Waals surface area contributed by atoms with Gasteiger partial charge in [0.25, 0.3) is 0 Å². The first-order valence-electron chi connectivity index (χ1n) is 6.36. The fraction of sp³-hybridized carbons (Fsp3) is 0. The summed E-state index contributed by atoms with van der Waals surface area (Å²) >= 11 is 3.53. The van der Waals surface area contributed by atoms with Crippen LogP contribution in [0, 0.1) is 0 Å². The fourth-order valence-electron chi connectivity index (χ4n) is 2.36. The first-order chi connectivity index (χ1) is 9.93. The van der Waals surface area contributed by atoms with Crippen LogP contribution in [0.25, 0.3) is 21.1 Å². The highest BCUT2D eigenvalue weighted by Crippen LogP contribution is 2.33. The molecule has 0 saturated carbocycles. The summed E-state index contributed by atoms with van der Waals surface area (Å²) < 4.78 is 4.39. The second-order valence-electron chi connectivity index (χ2n) is 4.43. The van der Waals surface area contributed by atoms with Crippen molar-refractivity contribution in [2.24, 2.45) is 0 Å². The van der Waals surface area contributed by atoms with Gasteiger partial charge < -0.3 is 0 Å². The molecule has 0 spiro atoms. The zero-order chi connectivity index (χ0) is 13.4. The minimum Gasteiger partial charge on any atom is -0.264 e. The third-order valence-corrected chi connectivity index (χ3v) is 5.01. The second kappa shape index (κ2) is 4.81. The van der Waals surface area contributed by atoms with Crippen LogP contribution in [0.5, 0.6) is 0 Å². The highest BCUT2D eigenvalue weighted by molar-refractivity contribution is 7.14. The van der Waals surface area contributed by atoms with E-state index in [9.17, 15) is 0 Å². The summed E-state index contributed by atoms with van der Waals surface area (Å²) in [6, 6.07) is 17.0. The van der Waals surface area contributed by atoms with Gasteiger partial charge in [0, 0.05) is 12.4 Å². The van der Waals surface area contributed by atoms with Crippen molar-refractivity contribution in [3.63, 3.8) is 0 Å². The van der Waals surface area contributed by atoms with Crippen molar-refractivity contribution in [2.75, 3.05) is 0 Å². The van der Waals surface area contributed by atoms with Crippen LogP contribution in [0.1, 0.15) is 0 Å². The molecule has 0 unspecified atom stereocenters. The molecule has 20 heavy (non-hydrogen) atoms. The highest BCUT2D eigenvalue weighted by Gasteiger charge is 2.14. The molecule has 0 aromatic carbocycles. The largest absolute Gasteiger partial charge is 0.264 e. The van der Waals surface area contributed by atoms with Crippen LogP contribution < -0.4 is 0 Å². The molecule has 0 aliphatic carbocycles. The molecule has 4 heterocycles. The SMILES string of the molecule is c1csc(-c2ccc(-c3cccs3)n2-n2cccc2)c1. The molecule has 0 aliphatic rings. The number of aromatic nitrogens is 2. The van der Waals surface area contributed by atoms with Gasteiger partial charge in [-0.1, -0.05) is 12.1 Å². The van der Waals surface area contributed by atoms with Crippen LogP contribution in [0.3, 0.4) is 0 Å². The summed E-state index contributed by atoms with van der Waals surface area (Å²) in [5.74, 6) is 0. The fourth-order valence-corrected chi connectivity index (χ4v) is 3.83. The first-order valence-corrected chi connectivity index (χ1v) is 8.12. The number of hydrogen-bond donors (Lipinski definition) is 0. The van der Waals surface area contributed by atoms with E-state index in [0.717, 1.165) is 0 Å². The topological polar surface area (TPSA) is 9.86 Å². The summed E-state index contributed by atoms with van der Waals surface area (Å²) in [6.45, 7) is 0. The summed E-state index contributed by atoms with van der Waals surface area (Å²) in [5.41, 5.74) is 2.44. The molecule has 4 aromatic rings. The van der Waals surface area contributed by atoms with Gasteiger partial charge >= 0.3 is 0 Å². The van der Waals surface area contributed by atoms with Crippen molar-refractivity contribution in [2.45, 2.75) is 0 Å². The minimum atomic E-state index is 1.22. The van der Waals surface area contributed by atoms with Gasteiger partial charge in [0.1, 0.15) is 0 Å². The van der Waals surface area contributed by atoms with Gasteiger partial charge in [0.15, 0.2) is 0 Å². The maximum absolute atomic E-state index is 2.26. The lowest BCUT2D eigenvalue weighted by atomic mass is 10.3. The van der Waals surface area contributed by atoms with Crippen molar-refractivity contribution >= 4 is 22.7 Å². The van der Waals surface area contributed by atoms with Crippen LogP contribution in [0.15, 0.2) is 71.7 Å². The predicted molar refractivity (Wildman–Crippen MR) is 86.3 cm³/mol. The Hall–Kier alpha value is -2.04. The van der Waals surface area contributed by atoms with Crippen molar-refractivity contribution in [3.8, 4) is 21.1 Å². The zero-order valence-electron chi connectivity index (χ0n) is 10.6. The standard InChI is InChI=1S/C16H12N2S2/c1-2-10-17(9-1)18-13(15-5-3-11-19-15)7-8-14(18)16-6-4-12-20-16/h1-12H. The Kier molecular flexibility index (Phi) is 2.83. The predicted octanol–water partition coefficient (Wildman–Crippen LogP) is 5.06. The maximum atomic E-state index is 2.26. The Morgan fingerprint density at radius 2 is 1.20 bits per heavy atom. The van der Waals surface area contributed by atoms with Crippen molar-refractivity contribution < 1.29 is 0 Å². The van der Waals surface area contributed by atoms with E-state index >= 15 is 0 Å². The molecule has 0 radical (unpaired) electrons. The van der Waals surface area contributed by atoms with Gasteiger partial charge in [-0.25, -0.2) is 4.68 Å². The van der Waals surface area contributed by atoms with E-state index in [1.165, 1.54) is 21.1 Å². The average Bonchev–Trinajstić information content (AvgIpc) is 3.23. The van der Waals surface area contributed by atoms with Gasteiger partial charge in [0.2, 0.25) is 0 Å². The van der Waals surface area contributed by atoms with E-state index in [1.807, 2.05) is 0 Å². The van der Waals surface area contributed by atoms with Crippen LogP contribution in [-0.4, -0.2) is 9.35 Å². The van der Waals surface area contributed by atoms with E-state index in [4.69, 9.17) is 0 Å². The van der Waals surface area contributed by atoms with Gasteiger partial charge in [-0.3, -0.25) is 4.68 Å². The number of rotatable bonds is 3. The lowest BCUT2D eigenvalue weighted by Gasteiger charge is -2.13. The molecule has 4 heteroatoms. The van der Waals surface area contributed by atoms with E-state index in [0.29, 0.717) is 0 Å².